The van der Waals surface area contributed by atoms with Crippen LogP contribution in [0.2, 0.25) is 5.02 Å². The number of hydrogen-bond acceptors (Lipinski definition) is 4. The minimum atomic E-state index is 0.525. The molecule has 0 unspecified atom stereocenters. The highest BCUT2D eigenvalue weighted by Crippen LogP contribution is 2.18. The predicted molar refractivity (Wildman–Crippen MR) is 51.9 cm³/mol. The van der Waals surface area contributed by atoms with Gasteiger partial charge in [0.2, 0.25) is 11.7 Å². The molecule has 4 nitrogen and oxygen atoms in total. The SMILES string of the molecule is CCc1nc(-c2cncc(Cl)c2)no1. The van der Waals surface area contributed by atoms with Crippen molar-refractivity contribution >= 4 is 11.6 Å². The summed E-state index contributed by atoms with van der Waals surface area (Å²) in [5, 5.41) is 4.37. The summed E-state index contributed by atoms with van der Waals surface area (Å²) in [7, 11) is 0. The molecule has 14 heavy (non-hydrogen) atoms. The Hall–Kier alpha value is -1.42. The lowest BCUT2D eigenvalue weighted by Crippen LogP contribution is -1.83. The number of rotatable bonds is 2. The molecule has 0 radical (unpaired) electrons. The summed E-state index contributed by atoms with van der Waals surface area (Å²) in [5.74, 6) is 1.14. The van der Waals surface area contributed by atoms with Gasteiger partial charge in [-0.05, 0) is 6.07 Å². The van der Waals surface area contributed by atoms with Crippen molar-refractivity contribution in [3.05, 3.63) is 29.4 Å². The second kappa shape index (κ2) is 3.75. The lowest BCUT2D eigenvalue weighted by Gasteiger charge is -1.92. The molecule has 0 fully saturated rings. The van der Waals surface area contributed by atoms with Gasteiger partial charge in [-0.2, -0.15) is 4.98 Å². The Morgan fingerprint density at radius 1 is 1.43 bits per heavy atom. The van der Waals surface area contributed by atoms with E-state index in [1.54, 1.807) is 18.5 Å². The Balaban J connectivity index is 2.39. The van der Waals surface area contributed by atoms with Crippen molar-refractivity contribution in [3.63, 3.8) is 0 Å². The fraction of sp³-hybridized carbons (Fsp3) is 0.222. The maximum atomic E-state index is 5.79. The van der Waals surface area contributed by atoms with Crippen LogP contribution in [0.1, 0.15) is 12.8 Å². The van der Waals surface area contributed by atoms with Gasteiger partial charge in [-0.15, -0.1) is 0 Å². The van der Waals surface area contributed by atoms with Gasteiger partial charge in [-0.1, -0.05) is 23.7 Å². The van der Waals surface area contributed by atoms with E-state index < -0.39 is 0 Å². The van der Waals surface area contributed by atoms with E-state index in [-0.39, 0.29) is 0 Å². The Kier molecular flexibility index (Phi) is 2.45. The lowest BCUT2D eigenvalue weighted by molar-refractivity contribution is 0.383. The summed E-state index contributed by atoms with van der Waals surface area (Å²) in [6.07, 6.45) is 3.93. The third kappa shape index (κ3) is 1.75. The third-order valence-electron chi connectivity index (χ3n) is 1.73. The van der Waals surface area contributed by atoms with E-state index in [4.69, 9.17) is 16.1 Å². The molecule has 2 aromatic heterocycles. The van der Waals surface area contributed by atoms with Crippen molar-refractivity contribution in [3.8, 4) is 11.4 Å². The van der Waals surface area contributed by atoms with Gasteiger partial charge in [-0.25, -0.2) is 0 Å². The third-order valence-corrected chi connectivity index (χ3v) is 1.94. The standard InChI is InChI=1S/C9H8ClN3O/c1-2-8-12-9(13-14-8)6-3-7(10)5-11-4-6/h3-5H,2H2,1H3. The first kappa shape index (κ1) is 9.15. The van der Waals surface area contributed by atoms with Crippen LogP contribution in [-0.2, 0) is 6.42 Å². The molecule has 2 rings (SSSR count). The Labute approximate surface area is 85.9 Å². The van der Waals surface area contributed by atoms with Crippen molar-refractivity contribution in [2.45, 2.75) is 13.3 Å². The largest absolute Gasteiger partial charge is 0.339 e. The highest BCUT2D eigenvalue weighted by molar-refractivity contribution is 6.30. The summed E-state index contributed by atoms with van der Waals surface area (Å²) in [6, 6.07) is 1.75. The number of aryl methyl sites for hydroxylation is 1. The van der Waals surface area contributed by atoms with Gasteiger partial charge in [0, 0.05) is 24.4 Å². The van der Waals surface area contributed by atoms with E-state index in [9.17, 15) is 0 Å². The molecule has 0 aliphatic heterocycles. The van der Waals surface area contributed by atoms with E-state index in [0.717, 1.165) is 12.0 Å². The van der Waals surface area contributed by atoms with Crippen molar-refractivity contribution in [2.24, 2.45) is 0 Å². The summed E-state index contributed by atoms with van der Waals surface area (Å²) in [5.41, 5.74) is 0.765. The zero-order chi connectivity index (χ0) is 9.97. The van der Waals surface area contributed by atoms with Crippen LogP contribution in [-0.4, -0.2) is 15.1 Å². The highest BCUT2D eigenvalue weighted by atomic mass is 35.5. The molecular formula is C9H8ClN3O. The van der Waals surface area contributed by atoms with Gasteiger partial charge < -0.3 is 4.52 Å². The minimum Gasteiger partial charge on any atom is -0.339 e. The number of hydrogen-bond donors (Lipinski definition) is 0. The van der Waals surface area contributed by atoms with E-state index in [1.165, 1.54) is 0 Å². The molecule has 0 atom stereocenters. The molecule has 0 aliphatic carbocycles. The summed E-state index contributed by atoms with van der Waals surface area (Å²) in [4.78, 5) is 8.11. The van der Waals surface area contributed by atoms with Crippen LogP contribution >= 0.6 is 11.6 Å². The molecule has 0 amide bonds. The number of aromatic nitrogens is 3. The monoisotopic (exact) mass is 209 g/mol. The number of nitrogens with zero attached hydrogens (tertiary/aromatic N) is 3. The molecule has 2 heterocycles. The number of pyridine rings is 1. The number of halogens is 1. The first-order valence-corrected chi connectivity index (χ1v) is 4.61. The zero-order valence-corrected chi connectivity index (χ0v) is 8.32. The van der Waals surface area contributed by atoms with Gasteiger partial charge in [0.25, 0.3) is 0 Å². The molecule has 0 saturated heterocycles. The topological polar surface area (TPSA) is 51.8 Å². The van der Waals surface area contributed by atoms with Crippen LogP contribution in [0.4, 0.5) is 0 Å². The van der Waals surface area contributed by atoms with Crippen molar-refractivity contribution in [1.82, 2.24) is 15.1 Å². The van der Waals surface area contributed by atoms with Gasteiger partial charge in [-0.3, -0.25) is 4.98 Å². The fourth-order valence-electron chi connectivity index (χ4n) is 1.05. The second-order valence-electron chi connectivity index (χ2n) is 2.76. The quantitative estimate of drug-likeness (QED) is 0.762. The zero-order valence-electron chi connectivity index (χ0n) is 7.57. The molecule has 0 N–H and O–H groups in total. The molecule has 72 valence electrons. The smallest absolute Gasteiger partial charge is 0.226 e. The van der Waals surface area contributed by atoms with E-state index >= 15 is 0 Å². The minimum absolute atomic E-state index is 0.525. The summed E-state index contributed by atoms with van der Waals surface area (Å²) in [6.45, 7) is 1.95. The summed E-state index contributed by atoms with van der Waals surface area (Å²) >= 11 is 5.79. The first-order valence-electron chi connectivity index (χ1n) is 4.23. The normalized spacial score (nSPS) is 10.4. The van der Waals surface area contributed by atoms with Crippen LogP contribution < -0.4 is 0 Å². The Morgan fingerprint density at radius 2 is 2.29 bits per heavy atom. The van der Waals surface area contributed by atoms with Gasteiger partial charge in [0.15, 0.2) is 0 Å². The molecule has 0 aromatic carbocycles. The second-order valence-corrected chi connectivity index (χ2v) is 3.19. The molecule has 0 saturated carbocycles. The molecule has 0 spiro atoms. The average Bonchev–Trinajstić information content (AvgIpc) is 2.66. The fourth-order valence-corrected chi connectivity index (χ4v) is 1.22. The maximum absolute atomic E-state index is 5.79. The van der Waals surface area contributed by atoms with E-state index in [0.29, 0.717) is 16.7 Å². The molecular weight excluding hydrogens is 202 g/mol. The molecule has 0 bridgehead atoms. The van der Waals surface area contributed by atoms with Gasteiger partial charge in [0.1, 0.15) is 0 Å². The molecule has 2 aromatic rings. The molecule has 0 aliphatic rings. The Morgan fingerprint density at radius 3 is 2.93 bits per heavy atom. The van der Waals surface area contributed by atoms with Crippen LogP contribution in [0.5, 0.6) is 0 Å². The first-order chi connectivity index (χ1) is 6.79. The van der Waals surface area contributed by atoms with Crippen molar-refractivity contribution in [2.75, 3.05) is 0 Å². The van der Waals surface area contributed by atoms with Crippen molar-refractivity contribution < 1.29 is 4.52 Å². The maximum Gasteiger partial charge on any atom is 0.226 e. The van der Waals surface area contributed by atoms with Crippen LogP contribution in [0, 0.1) is 0 Å². The molecule has 5 heteroatoms. The predicted octanol–water partition coefficient (Wildman–Crippen LogP) is 2.35. The van der Waals surface area contributed by atoms with Crippen LogP contribution in [0.25, 0.3) is 11.4 Å². The van der Waals surface area contributed by atoms with E-state index in [2.05, 4.69) is 15.1 Å². The van der Waals surface area contributed by atoms with Crippen LogP contribution in [0.3, 0.4) is 0 Å². The lowest BCUT2D eigenvalue weighted by atomic mass is 10.3. The van der Waals surface area contributed by atoms with Gasteiger partial charge >= 0.3 is 0 Å². The van der Waals surface area contributed by atoms with Gasteiger partial charge in [0.05, 0.1) is 5.02 Å². The highest BCUT2D eigenvalue weighted by Gasteiger charge is 2.07. The summed E-state index contributed by atoms with van der Waals surface area (Å²) < 4.78 is 4.98. The van der Waals surface area contributed by atoms with Crippen LogP contribution in [0.15, 0.2) is 23.0 Å². The van der Waals surface area contributed by atoms with E-state index in [1.807, 2.05) is 6.92 Å². The Bertz CT molecular complexity index is 441. The average molecular weight is 210 g/mol. The van der Waals surface area contributed by atoms with Crippen molar-refractivity contribution in [1.29, 1.82) is 0 Å².